The maximum atomic E-state index is 10.4. The number of fused-ring (bicyclic) bond motifs is 1. The van der Waals surface area contributed by atoms with Crippen molar-refractivity contribution in [2.75, 3.05) is 20.1 Å². The summed E-state index contributed by atoms with van der Waals surface area (Å²) < 4.78 is 0. The standard InChI is InChI=1S/C23H32N4OS/c1-24-23(25-14-21-20-5-3-2-4-18(20)6-7-22(21)28)26-19-8-11-27(12-9-19)15-17-10-13-29-16-17/h6-7,10,13,16,19,28H,2-5,8-9,11-12,14-15H2,1H3,(H2,24,25,26). The largest absolute Gasteiger partial charge is 0.508 e. The fourth-order valence-corrected chi connectivity index (χ4v) is 5.19. The van der Waals surface area contributed by atoms with Crippen LogP contribution in [0.15, 0.2) is 34.0 Å². The van der Waals surface area contributed by atoms with Crippen LogP contribution in [0.4, 0.5) is 0 Å². The molecule has 29 heavy (non-hydrogen) atoms. The minimum atomic E-state index is 0.398. The molecule has 1 aliphatic carbocycles. The van der Waals surface area contributed by atoms with E-state index < -0.39 is 0 Å². The van der Waals surface area contributed by atoms with Crippen molar-refractivity contribution >= 4 is 17.3 Å². The second kappa shape index (κ2) is 9.63. The third-order valence-electron chi connectivity index (χ3n) is 6.20. The van der Waals surface area contributed by atoms with Gasteiger partial charge in [0.25, 0.3) is 0 Å². The van der Waals surface area contributed by atoms with Crippen molar-refractivity contribution in [1.82, 2.24) is 15.5 Å². The molecule has 2 aliphatic rings. The van der Waals surface area contributed by atoms with Crippen molar-refractivity contribution in [2.24, 2.45) is 4.99 Å². The van der Waals surface area contributed by atoms with Gasteiger partial charge < -0.3 is 15.7 Å². The van der Waals surface area contributed by atoms with E-state index in [2.05, 4.69) is 43.4 Å². The molecule has 0 spiro atoms. The van der Waals surface area contributed by atoms with Crippen LogP contribution >= 0.6 is 11.3 Å². The molecule has 0 bridgehead atoms. The van der Waals surface area contributed by atoms with Crippen molar-refractivity contribution in [3.05, 3.63) is 51.2 Å². The maximum Gasteiger partial charge on any atom is 0.191 e. The van der Waals surface area contributed by atoms with Crippen LogP contribution in [0.5, 0.6) is 5.75 Å². The lowest BCUT2D eigenvalue weighted by Crippen LogP contribution is -2.48. The zero-order valence-electron chi connectivity index (χ0n) is 17.3. The number of rotatable bonds is 5. The first kappa shape index (κ1) is 20.2. The van der Waals surface area contributed by atoms with Crippen molar-refractivity contribution < 1.29 is 5.11 Å². The Morgan fingerprint density at radius 1 is 1.21 bits per heavy atom. The van der Waals surface area contributed by atoms with Gasteiger partial charge in [0, 0.05) is 44.8 Å². The highest BCUT2D eigenvalue weighted by Crippen LogP contribution is 2.30. The molecule has 6 heteroatoms. The van der Waals surface area contributed by atoms with Gasteiger partial charge >= 0.3 is 0 Å². The summed E-state index contributed by atoms with van der Waals surface area (Å²) in [5.74, 6) is 1.23. The number of likely N-dealkylation sites (tertiary alicyclic amines) is 1. The number of hydrogen-bond donors (Lipinski definition) is 3. The van der Waals surface area contributed by atoms with Crippen molar-refractivity contribution in [1.29, 1.82) is 0 Å². The molecule has 0 radical (unpaired) electrons. The quantitative estimate of drug-likeness (QED) is 0.518. The Morgan fingerprint density at radius 2 is 2.03 bits per heavy atom. The molecule has 1 aromatic heterocycles. The highest BCUT2D eigenvalue weighted by atomic mass is 32.1. The average molecular weight is 413 g/mol. The molecule has 2 aromatic rings. The number of phenolic OH excluding ortho intramolecular Hbond substituents is 1. The molecule has 1 saturated heterocycles. The van der Waals surface area contributed by atoms with Crippen LogP contribution in [-0.2, 0) is 25.9 Å². The van der Waals surface area contributed by atoms with Crippen LogP contribution in [0.2, 0.25) is 0 Å². The van der Waals surface area contributed by atoms with Crippen LogP contribution in [0.25, 0.3) is 0 Å². The number of aromatic hydroxyl groups is 1. The molecule has 156 valence electrons. The predicted molar refractivity (Wildman–Crippen MR) is 121 cm³/mol. The molecule has 0 amide bonds. The number of guanidine groups is 1. The molecular formula is C23H32N4OS. The van der Waals surface area contributed by atoms with Crippen LogP contribution in [0.1, 0.15) is 47.9 Å². The SMILES string of the molecule is CN=C(NCc1c(O)ccc2c1CCCC2)NC1CCN(Cc2ccsc2)CC1. The summed E-state index contributed by atoms with van der Waals surface area (Å²) in [6, 6.07) is 6.60. The van der Waals surface area contributed by atoms with Gasteiger partial charge in [0.1, 0.15) is 5.75 Å². The highest BCUT2D eigenvalue weighted by Gasteiger charge is 2.21. The number of aliphatic imine (C=N–C) groups is 1. The van der Waals surface area contributed by atoms with E-state index in [-0.39, 0.29) is 0 Å². The highest BCUT2D eigenvalue weighted by molar-refractivity contribution is 7.07. The summed E-state index contributed by atoms with van der Waals surface area (Å²) in [5, 5.41) is 21.8. The van der Waals surface area contributed by atoms with Crippen LogP contribution in [0.3, 0.4) is 0 Å². The predicted octanol–water partition coefficient (Wildman–Crippen LogP) is 3.66. The molecule has 4 rings (SSSR count). The van der Waals surface area contributed by atoms with E-state index in [0.717, 1.165) is 56.8 Å². The van der Waals surface area contributed by atoms with E-state index in [1.807, 2.05) is 13.1 Å². The summed E-state index contributed by atoms with van der Waals surface area (Å²) in [5.41, 5.74) is 5.19. The fourth-order valence-electron chi connectivity index (χ4n) is 4.53. The Morgan fingerprint density at radius 3 is 2.79 bits per heavy atom. The summed E-state index contributed by atoms with van der Waals surface area (Å²) in [4.78, 5) is 6.95. The fraction of sp³-hybridized carbons (Fsp3) is 0.522. The zero-order valence-corrected chi connectivity index (χ0v) is 18.1. The van der Waals surface area contributed by atoms with E-state index in [9.17, 15) is 5.11 Å². The molecule has 5 nitrogen and oxygen atoms in total. The Kier molecular flexibility index (Phi) is 6.72. The monoisotopic (exact) mass is 412 g/mol. The van der Waals surface area contributed by atoms with Gasteiger partial charge in [0.15, 0.2) is 5.96 Å². The smallest absolute Gasteiger partial charge is 0.191 e. The number of thiophene rings is 1. The van der Waals surface area contributed by atoms with Crippen LogP contribution < -0.4 is 10.6 Å². The summed E-state index contributed by atoms with van der Waals surface area (Å²) in [6.07, 6.45) is 6.89. The minimum Gasteiger partial charge on any atom is -0.508 e. The Balaban J connectivity index is 1.29. The summed E-state index contributed by atoms with van der Waals surface area (Å²) in [6.45, 7) is 3.89. The zero-order chi connectivity index (χ0) is 20.1. The second-order valence-corrected chi connectivity index (χ2v) is 8.94. The van der Waals surface area contributed by atoms with Crippen molar-refractivity contribution in [3.8, 4) is 5.75 Å². The number of nitrogens with zero attached hydrogens (tertiary/aromatic N) is 2. The van der Waals surface area contributed by atoms with Gasteiger partial charge in [0.2, 0.25) is 0 Å². The maximum absolute atomic E-state index is 10.4. The van der Waals surface area contributed by atoms with Crippen LogP contribution in [-0.4, -0.2) is 42.1 Å². The summed E-state index contributed by atoms with van der Waals surface area (Å²) >= 11 is 1.77. The normalized spacial score (nSPS) is 18.4. The average Bonchev–Trinajstić information content (AvgIpc) is 3.26. The molecule has 1 fully saturated rings. The van der Waals surface area contributed by atoms with E-state index in [1.165, 1.54) is 29.5 Å². The Bertz CT molecular complexity index is 826. The molecule has 0 saturated carbocycles. The van der Waals surface area contributed by atoms with Crippen LogP contribution in [0, 0.1) is 0 Å². The Labute approximate surface area is 177 Å². The lowest BCUT2D eigenvalue weighted by molar-refractivity contribution is 0.198. The first-order valence-corrected chi connectivity index (χ1v) is 11.7. The molecular weight excluding hydrogens is 380 g/mol. The van der Waals surface area contributed by atoms with Gasteiger partial charge in [0.05, 0.1) is 0 Å². The summed E-state index contributed by atoms with van der Waals surface area (Å²) in [7, 11) is 1.82. The number of piperidine rings is 1. The number of benzene rings is 1. The second-order valence-electron chi connectivity index (χ2n) is 8.16. The minimum absolute atomic E-state index is 0.398. The third-order valence-corrected chi connectivity index (χ3v) is 6.93. The van der Waals surface area contributed by atoms with E-state index in [0.29, 0.717) is 18.3 Å². The van der Waals surface area contributed by atoms with E-state index in [4.69, 9.17) is 0 Å². The topological polar surface area (TPSA) is 59.9 Å². The Hall–Kier alpha value is -2.05. The number of phenols is 1. The lowest BCUT2D eigenvalue weighted by atomic mass is 9.88. The van der Waals surface area contributed by atoms with Gasteiger partial charge in [-0.2, -0.15) is 11.3 Å². The third kappa shape index (κ3) is 5.11. The van der Waals surface area contributed by atoms with Gasteiger partial charge in [-0.1, -0.05) is 6.07 Å². The first-order chi connectivity index (χ1) is 14.2. The molecule has 3 N–H and O–H groups in total. The number of aryl methyl sites for hydroxylation is 1. The van der Waals surface area contributed by atoms with E-state index >= 15 is 0 Å². The molecule has 2 heterocycles. The van der Waals surface area contributed by atoms with Gasteiger partial charge in [-0.3, -0.25) is 9.89 Å². The number of hydrogen-bond acceptors (Lipinski definition) is 4. The number of nitrogens with one attached hydrogen (secondary N) is 2. The molecule has 1 aliphatic heterocycles. The first-order valence-electron chi connectivity index (χ1n) is 10.8. The van der Waals surface area contributed by atoms with Gasteiger partial charge in [-0.15, -0.1) is 0 Å². The van der Waals surface area contributed by atoms with Gasteiger partial charge in [-0.25, -0.2) is 0 Å². The van der Waals surface area contributed by atoms with E-state index in [1.54, 1.807) is 11.3 Å². The molecule has 0 atom stereocenters. The van der Waals surface area contributed by atoms with Gasteiger partial charge in [-0.05, 0) is 78.1 Å². The lowest BCUT2D eigenvalue weighted by Gasteiger charge is -2.33. The van der Waals surface area contributed by atoms with Crippen molar-refractivity contribution in [2.45, 2.75) is 57.7 Å². The molecule has 0 unspecified atom stereocenters. The van der Waals surface area contributed by atoms with Crippen molar-refractivity contribution in [3.63, 3.8) is 0 Å². The molecule has 1 aromatic carbocycles.